The first-order chi connectivity index (χ1) is 8.65. The van der Waals surface area contributed by atoms with E-state index in [-0.39, 0.29) is 12.1 Å². The fraction of sp³-hybridized carbons (Fsp3) is 0.167. The molecule has 94 valence electrons. The Bertz CT molecular complexity index is 625. The second-order valence-electron chi connectivity index (χ2n) is 3.66. The molecule has 0 aliphatic rings. The number of methoxy groups -OCH3 is 1. The molecule has 6 heteroatoms. The Balaban J connectivity index is 2.55. The zero-order chi connectivity index (χ0) is 13.1. The van der Waals surface area contributed by atoms with Crippen molar-refractivity contribution in [2.24, 2.45) is 5.73 Å². The number of rotatable bonds is 3. The van der Waals surface area contributed by atoms with Crippen LogP contribution in [0.5, 0.6) is 5.75 Å². The molecule has 0 radical (unpaired) electrons. The molecular weight excluding hydrogens is 254 g/mol. The van der Waals surface area contributed by atoms with Crippen molar-refractivity contribution < 1.29 is 4.74 Å². The van der Waals surface area contributed by atoms with Gasteiger partial charge < -0.3 is 10.5 Å². The summed E-state index contributed by atoms with van der Waals surface area (Å²) in [7, 11) is 1.55. The maximum Gasteiger partial charge on any atom is 0.264 e. The molecule has 3 N–H and O–H groups in total. The van der Waals surface area contributed by atoms with Crippen molar-refractivity contribution in [3.8, 4) is 17.0 Å². The van der Waals surface area contributed by atoms with E-state index in [1.54, 1.807) is 19.2 Å². The van der Waals surface area contributed by atoms with Gasteiger partial charge in [0.1, 0.15) is 5.75 Å². The van der Waals surface area contributed by atoms with Gasteiger partial charge in [0.2, 0.25) is 0 Å². The number of aromatic amines is 1. The summed E-state index contributed by atoms with van der Waals surface area (Å²) in [6, 6.07) is 6.70. The molecule has 0 fully saturated rings. The van der Waals surface area contributed by atoms with Crippen molar-refractivity contribution in [2.45, 2.75) is 6.54 Å². The third kappa shape index (κ3) is 2.37. The van der Waals surface area contributed by atoms with E-state index in [2.05, 4.69) is 10.2 Å². The average molecular weight is 266 g/mol. The van der Waals surface area contributed by atoms with Gasteiger partial charge in [0.25, 0.3) is 5.56 Å². The van der Waals surface area contributed by atoms with Crippen LogP contribution in [0.4, 0.5) is 0 Å². The van der Waals surface area contributed by atoms with E-state index in [1.165, 1.54) is 6.07 Å². The van der Waals surface area contributed by atoms with E-state index in [1.807, 2.05) is 6.07 Å². The molecule has 0 saturated heterocycles. The Morgan fingerprint density at radius 1 is 1.44 bits per heavy atom. The van der Waals surface area contributed by atoms with Gasteiger partial charge in [0, 0.05) is 18.2 Å². The second-order valence-corrected chi connectivity index (χ2v) is 4.07. The molecule has 0 aliphatic heterocycles. The number of nitrogens with two attached hydrogens (primary N) is 1. The van der Waals surface area contributed by atoms with Gasteiger partial charge in [-0.05, 0) is 23.8 Å². The summed E-state index contributed by atoms with van der Waals surface area (Å²) in [5.41, 5.74) is 7.38. The Morgan fingerprint density at radius 3 is 2.83 bits per heavy atom. The summed E-state index contributed by atoms with van der Waals surface area (Å²) in [4.78, 5) is 11.2. The Kier molecular flexibility index (Phi) is 3.64. The summed E-state index contributed by atoms with van der Waals surface area (Å²) >= 11 is 6.05. The van der Waals surface area contributed by atoms with E-state index in [4.69, 9.17) is 22.1 Å². The van der Waals surface area contributed by atoms with Crippen molar-refractivity contribution in [2.75, 3.05) is 7.11 Å². The van der Waals surface area contributed by atoms with Gasteiger partial charge in [0.05, 0.1) is 17.8 Å². The standard InChI is InChI=1S/C12H12ClN3O2/c1-18-10-3-2-7(4-9(10)13)12-8(6-14)5-11(17)15-16-12/h2-5H,6,14H2,1H3,(H,15,17). The topological polar surface area (TPSA) is 81.0 Å². The van der Waals surface area contributed by atoms with Crippen LogP contribution in [-0.4, -0.2) is 17.3 Å². The number of nitrogens with zero attached hydrogens (tertiary/aromatic N) is 1. The molecule has 0 unspecified atom stereocenters. The van der Waals surface area contributed by atoms with Gasteiger partial charge in [-0.25, -0.2) is 5.10 Å². The summed E-state index contributed by atoms with van der Waals surface area (Å²) in [5.74, 6) is 0.583. The van der Waals surface area contributed by atoms with E-state index in [0.717, 1.165) is 5.56 Å². The number of hydrogen-bond acceptors (Lipinski definition) is 4. The Morgan fingerprint density at radius 2 is 2.22 bits per heavy atom. The smallest absolute Gasteiger partial charge is 0.264 e. The normalized spacial score (nSPS) is 10.4. The van der Waals surface area contributed by atoms with E-state index in [0.29, 0.717) is 22.0 Å². The quantitative estimate of drug-likeness (QED) is 0.882. The fourth-order valence-corrected chi connectivity index (χ4v) is 1.92. The van der Waals surface area contributed by atoms with E-state index in [9.17, 15) is 4.79 Å². The highest BCUT2D eigenvalue weighted by atomic mass is 35.5. The van der Waals surface area contributed by atoms with Crippen molar-refractivity contribution in [1.82, 2.24) is 10.2 Å². The molecule has 0 spiro atoms. The van der Waals surface area contributed by atoms with Crippen LogP contribution in [0.2, 0.25) is 5.02 Å². The average Bonchev–Trinajstić information content (AvgIpc) is 2.38. The summed E-state index contributed by atoms with van der Waals surface area (Å²) in [5, 5.41) is 6.86. The van der Waals surface area contributed by atoms with Crippen LogP contribution in [0.1, 0.15) is 5.56 Å². The van der Waals surface area contributed by atoms with Gasteiger partial charge in [-0.15, -0.1) is 0 Å². The molecule has 0 saturated carbocycles. The predicted molar refractivity (Wildman–Crippen MR) is 69.7 cm³/mol. The van der Waals surface area contributed by atoms with Crippen LogP contribution in [-0.2, 0) is 6.54 Å². The monoisotopic (exact) mass is 265 g/mol. The van der Waals surface area contributed by atoms with Gasteiger partial charge in [-0.1, -0.05) is 11.6 Å². The van der Waals surface area contributed by atoms with Crippen LogP contribution < -0.4 is 16.0 Å². The number of H-pyrrole nitrogens is 1. The van der Waals surface area contributed by atoms with Gasteiger partial charge in [-0.2, -0.15) is 5.10 Å². The summed E-state index contributed by atoms with van der Waals surface area (Å²) in [6.07, 6.45) is 0. The third-order valence-corrected chi connectivity index (χ3v) is 2.83. The number of hydrogen-bond donors (Lipinski definition) is 2. The molecule has 1 aromatic carbocycles. The number of halogens is 1. The highest BCUT2D eigenvalue weighted by Gasteiger charge is 2.09. The minimum absolute atomic E-state index is 0.232. The highest BCUT2D eigenvalue weighted by molar-refractivity contribution is 6.32. The maximum atomic E-state index is 11.2. The molecule has 18 heavy (non-hydrogen) atoms. The van der Waals surface area contributed by atoms with Crippen LogP contribution in [0.3, 0.4) is 0 Å². The molecule has 0 bridgehead atoms. The highest BCUT2D eigenvalue weighted by Crippen LogP contribution is 2.30. The zero-order valence-electron chi connectivity index (χ0n) is 9.74. The van der Waals surface area contributed by atoms with Crippen LogP contribution in [0.25, 0.3) is 11.3 Å². The number of benzene rings is 1. The first kappa shape index (κ1) is 12.6. The summed E-state index contributed by atoms with van der Waals surface area (Å²) in [6.45, 7) is 0.232. The van der Waals surface area contributed by atoms with Gasteiger partial charge >= 0.3 is 0 Å². The molecule has 0 aliphatic carbocycles. The number of ether oxygens (including phenoxy) is 1. The largest absolute Gasteiger partial charge is 0.495 e. The van der Waals surface area contributed by atoms with Crippen molar-refractivity contribution in [1.29, 1.82) is 0 Å². The lowest BCUT2D eigenvalue weighted by atomic mass is 10.1. The molecular formula is C12H12ClN3O2. The molecule has 1 heterocycles. The lowest BCUT2D eigenvalue weighted by Crippen LogP contribution is -2.12. The second kappa shape index (κ2) is 5.20. The first-order valence-electron chi connectivity index (χ1n) is 5.28. The van der Waals surface area contributed by atoms with Crippen LogP contribution in [0, 0.1) is 0 Å². The lowest BCUT2D eigenvalue weighted by Gasteiger charge is -2.08. The SMILES string of the molecule is COc1ccc(-c2n[nH]c(=O)cc2CN)cc1Cl. The number of nitrogens with one attached hydrogen (secondary N) is 1. The van der Waals surface area contributed by atoms with Gasteiger partial charge in [-0.3, -0.25) is 4.79 Å². The van der Waals surface area contributed by atoms with Gasteiger partial charge in [0.15, 0.2) is 0 Å². The zero-order valence-corrected chi connectivity index (χ0v) is 10.5. The Labute approximate surface area is 109 Å². The molecule has 2 aromatic rings. The van der Waals surface area contributed by atoms with Crippen molar-refractivity contribution in [3.63, 3.8) is 0 Å². The van der Waals surface area contributed by atoms with Crippen LogP contribution in [0.15, 0.2) is 29.1 Å². The molecule has 2 rings (SSSR count). The number of aromatic nitrogens is 2. The minimum Gasteiger partial charge on any atom is -0.495 e. The first-order valence-corrected chi connectivity index (χ1v) is 5.66. The Hall–Kier alpha value is -1.85. The van der Waals surface area contributed by atoms with Crippen LogP contribution >= 0.6 is 11.6 Å². The van der Waals surface area contributed by atoms with Crippen molar-refractivity contribution in [3.05, 3.63) is 45.2 Å². The fourth-order valence-electron chi connectivity index (χ4n) is 1.66. The summed E-state index contributed by atoms with van der Waals surface area (Å²) < 4.78 is 5.08. The molecule has 0 amide bonds. The molecule has 5 nitrogen and oxygen atoms in total. The minimum atomic E-state index is -0.279. The molecule has 0 atom stereocenters. The molecule has 1 aromatic heterocycles. The third-order valence-electron chi connectivity index (χ3n) is 2.53. The predicted octanol–water partition coefficient (Wildman–Crippen LogP) is 1.56. The van der Waals surface area contributed by atoms with E-state index >= 15 is 0 Å². The van der Waals surface area contributed by atoms with E-state index < -0.39 is 0 Å². The lowest BCUT2D eigenvalue weighted by molar-refractivity contribution is 0.415. The maximum absolute atomic E-state index is 11.2. The van der Waals surface area contributed by atoms with Crippen molar-refractivity contribution >= 4 is 11.6 Å².